The summed E-state index contributed by atoms with van der Waals surface area (Å²) in [6.07, 6.45) is 1.66. The van der Waals surface area contributed by atoms with Crippen molar-refractivity contribution in [1.29, 1.82) is 0 Å². The molecule has 1 amide bonds. The van der Waals surface area contributed by atoms with Crippen LogP contribution >= 0.6 is 7.82 Å². The minimum Gasteiger partial charge on any atom is -0.386 e. The number of carbonyl (C=O) groups is 1. The molecule has 8 nitrogen and oxygen atoms in total. The highest BCUT2D eigenvalue weighted by Gasteiger charge is 2.40. The maximum atomic E-state index is 13.9. The Hall–Kier alpha value is -3.58. The highest BCUT2D eigenvalue weighted by molar-refractivity contribution is 7.49. The number of hydrazine groups is 1. The molecule has 9 heteroatoms. The van der Waals surface area contributed by atoms with Crippen LogP contribution in [0.1, 0.15) is 23.2 Å². The Labute approximate surface area is 211 Å². The number of rotatable bonds is 11. The van der Waals surface area contributed by atoms with Gasteiger partial charge in [-0.1, -0.05) is 54.6 Å². The summed E-state index contributed by atoms with van der Waals surface area (Å²) in [6, 6.07) is 25.8. The van der Waals surface area contributed by atoms with E-state index in [1.165, 1.54) is 5.01 Å². The highest BCUT2D eigenvalue weighted by atomic mass is 31.2. The Balaban J connectivity index is 1.66. The molecule has 1 atom stereocenters. The monoisotopic (exact) mass is 508 g/mol. The van der Waals surface area contributed by atoms with E-state index in [9.17, 15) is 9.36 Å². The second kappa shape index (κ2) is 11.9. The van der Waals surface area contributed by atoms with Gasteiger partial charge in [-0.05, 0) is 55.8 Å². The van der Waals surface area contributed by atoms with Crippen LogP contribution in [0, 0.1) is 0 Å². The fraction of sp³-hybridized carbons (Fsp3) is 0.222. The van der Waals surface area contributed by atoms with Gasteiger partial charge in [-0.15, -0.1) is 0 Å². The van der Waals surface area contributed by atoms with Crippen LogP contribution in [0.15, 0.2) is 103 Å². The Morgan fingerprint density at radius 2 is 1.47 bits per heavy atom. The molecule has 1 aliphatic rings. The van der Waals surface area contributed by atoms with Crippen molar-refractivity contribution in [1.82, 2.24) is 10.0 Å². The van der Waals surface area contributed by atoms with Crippen LogP contribution in [-0.2, 0) is 13.8 Å². The van der Waals surface area contributed by atoms with E-state index in [-0.39, 0.29) is 29.3 Å². The van der Waals surface area contributed by atoms with Gasteiger partial charge in [0, 0.05) is 19.2 Å². The molecule has 1 heterocycles. The molecule has 0 bridgehead atoms. The summed E-state index contributed by atoms with van der Waals surface area (Å²) in [5.41, 5.74) is 0.424. The van der Waals surface area contributed by atoms with Gasteiger partial charge < -0.3 is 18.3 Å². The molecule has 0 N–H and O–H groups in total. The van der Waals surface area contributed by atoms with Gasteiger partial charge in [0.1, 0.15) is 11.5 Å². The minimum absolute atomic E-state index is 0.0903. The first-order valence-corrected chi connectivity index (χ1v) is 13.1. The number of phosphoric ester groups is 1. The number of methoxy groups -OCH3 is 1. The second-order valence-corrected chi connectivity index (χ2v) is 9.58. The highest BCUT2D eigenvalue weighted by Crippen LogP contribution is 2.51. The zero-order chi connectivity index (χ0) is 25.4. The van der Waals surface area contributed by atoms with Crippen molar-refractivity contribution in [3.05, 3.63) is 109 Å². The molecule has 3 aromatic rings. The van der Waals surface area contributed by atoms with Gasteiger partial charge in [0.05, 0.1) is 12.6 Å². The molecule has 0 spiro atoms. The first-order valence-electron chi connectivity index (χ1n) is 11.6. The predicted molar refractivity (Wildman–Crippen MR) is 136 cm³/mol. The maximum Gasteiger partial charge on any atom is 0.648 e. The van der Waals surface area contributed by atoms with Crippen LogP contribution in [0.5, 0.6) is 11.5 Å². The SMILES string of the molecule is C=C(OP(=O)(Oc1ccccc1)Oc1ccccc1)N(C(=O)c1ccccc1)N1CCC[C@H]1COC. The summed E-state index contributed by atoms with van der Waals surface area (Å²) in [4.78, 5) is 13.7. The molecule has 1 saturated heterocycles. The number of benzene rings is 3. The van der Waals surface area contributed by atoms with E-state index < -0.39 is 7.82 Å². The van der Waals surface area contributed by atoms with E-state index >= 15 is 0 Å². The zero-order valence-electron chi connectivity index (χ0n) is 20.1. The van der Waals surface area contributed by atoms with Gasteiger partial charge in [0.2, 0.25) is 5.88 Å². The lowest BCUT2D eigenvalue weighted by Gasteiger charge is -2.36. The van der Waals surface area contributed by atoms with E-state index in [1.54, 1.807) is 92.0 Å². The Morgan fingerprint density at radius 3 is 2.00 bits per heavy atom. The summed E-state index contributed by atoms with van der Waals surface area (Å²) >= 11 is 0. The summed E-state index contributed by atoms with van der Waals surface area (Å²) in [5.74, 6) is 0.00416. The van der Waals surface area contributed by atoms with Gasteiger partial charge in [0.15, 0.2) is 0 Å². The molecule has 3 aromatic carbocycles. The predicted octanol–water partition coefficient (Wildman–Crippen LogP) is 5.91. The molecule has 0 radical (unpaired) electrons. The molecule has 1 aliphatic heterocycles. The second-order valence-electron chi connectivity index (χ2n) is 8.14. The normalized spacial score (nSPS) is 15.8. The third-order valence-electron chi connectivity index (χ3n) is 5.55. The van der Waals surface area contributed by atoms with Crippen molar-refractivity contribution in [3.63, 3.8) is 0 Å². The van der Waals surface area contributed by atoms with Crippen molar-refractivity contribution in [3.8, 4) is 11.5 Å². The number of nitrogens with zero attached hydrogens (tertiary/aromatic N) is 2. The molecule has 1 fully saturated rings. The molecule has 36 heavy (non-hydrogen) atoms. The lowest BCUT2D eigenvalue weighted by Crippen LogP contribution is -2.49. The number of amides is 1. The molecular weight excluding hydrogens is 479 g/mol. The number of ether oxygens (including phenoxy) is 1. The first-order chi connectivity index (χ1) is 17.5. The molecular formula is C27H29N2O6P. The lowest BCUT2D eigenvalue weighted by atomic mass is 10.2. The number of phosphoric acid groups is 1. The summed E-state index contributed by atoms with van der Waals surface area (Å²) in [6.45, 7) is 4.95. The largest absolute Gasteiger partial charge is 0.648 e. The van der Waals surface area contributed by atoms with Crippen LogP contribution in [0.2, 0.25) is 0 Å². The Kier molecular flexibility index (Phi) is 8.44. The molecule has 0 aliphatic carbocycles. The minimum atomic E-state index is -4.33. The smallest absolute Gasteiger partial charge is 0.386 e. The van der Waals surface area contributed by atoms with Gasteiger partial charge in [-0.2, -0.15) is 4.57 Å². The molecule has 0 aromatic heterocycles. The fourth-order valence-electron chi connectivity index (χ4n) is 3.97. The van der Waals surface area contributed by atoms with E-state index in [0.717, 1.165) is 12.8 Å². The third-order valence-corrected chi connectivity index (χ3v) is 6.85. The number of hydrogen-bond donors (Lipinski definition) is 0. The molecule has 4 rings (SSSR count). The maximum absolute atomic E-state index is 13.9. The number of hydrogen-bond acceptors (Lipinski definition) is 7. The van der Waals surface area contributed by atoms with Crippen molar-refractivity contribution < 1.29 is 27.7 Å². The van der Waals surface area contributed by atoms with Crippen LogP contribution in [0.25, 0.3) is 0 Å². The molecule has 0 unspecified atom stereocenters. The molecule has 0 saturated carbocycles. The standard InChI is InChI=1S/C27H29N2O6P/c1-22(29(27(30)23-13-6-3-7-14-23)28-20-12-15-24(28)21-32-2)33-36(31,34-25-16-8-4-9-17-25)35-26-18-10-5-11-19-26/h3-11,13-14,16-19,24H,1,12,15,20-21H2,2H3/t24-/m0/s1. The summed E-state index contributed by atoms with van der Waals surface area (Å²) < 4.78 is 36.6. The number of carbonyl (C=O) groups excluding carboxylic acids is 1. The Bertz CT molecular complexity index is 1150. The van der Waals surface area contributed by atoms with E-state index in [1.807, 2.05) is 11.1 Å². The fourth-order valence-corrected chi connectivity index (χ4v) is 5.17. The topological polar surface area (TPSA) is 77.5 Å². The zero-order valence-corrected chi connectivity index (χ0v) is 21.0. The van der Waals surface area contributed by atoms with E-state index in [4.69, 9.17) is 18.3 Å². The van der Waals surface area contributed by atoms with Crippen molar-refractivity contribution in [2.24, 2.45) is 0 Å². The van der Waals surface area contributed by atoms with E-state index in [2.05, 4.69) is 6.58 Å². The first kappa shape index (κ1) is 25.5. The Morgan fingerprint density at radius 1 is 0.944 bits per heavy atom. The summed E-state index contributed by atoms with van der Waals surface area (Å²) in [5, 5.41) is 3.14. The van der Waals surface area contributed by atoms with Crippen molar-refractivity contribution in [2.45, 2.75) is 18.9 Å². The van der Waals surface area contributed by atoms with Crippen LogP contribution in [0.4, 0.5) is 0 Å². The van der Waals surface area contributed by atoms with Crippen LogP contribution < -0.4 is 9.05 Å². The van der Waals surface area contributed by atoms with Gasteiger partial charge in [-0.3, -0.25) is 4.79 Å². The lowest BCUT2D eigenvalue weighted by molar-refractivity contribution is -0.0377. The van der Waals surface area contributed by atoms with Gasteiger partial charge >= 0.3 is 7.82 Å². The van der Waals surface area contributed by atoms with Crippen molar-refractivity contribution >= 4 is 13.7 Å². The average Bonchev–Trinajstić information content (AvgIpc) is 3.33. The van der Waals surface area contributed by atoms with Crippen LogP contribution in [0.3, 0.4) is 0 Å². The summed E-state index contributed by atoms with van der Waals surface area (Å²) in [7, 11) is -2.72. The number of para-hydroxylation sites is 2. The quantitative estimate of drug-likeness (QED) is 0.235. The third kappa shape index (κ3) is 6.34. The van der Waals surface area contributed by atoms with E-state index in [0.29, 0.717) is 18.7 Å². The van der Waals surface area contributed by atoms with Crippen molar-refractivity contribution in [2.75, 3.05) is 20.3 Å². The van der Waals surface area contributed by atoms with Crippen LogP contribution in [-0.4, -0.2) is 42.2 Å². The molecule has 188 valence electrons. The van der Waals surface area contributed by atoms with Gasteiger partial charge in [-0.25, -0.2) is 10.0 Å². The average molecular weight is 509 g/mol. The van der Waals surface area contributed by atoms with Gasteiger partial charge in [0.25, 0.3) is 5.91 Å².